The van der Waals surface area contributed by atoms with Gasteiger partial charge in [-0.2, -0.15) is 0 Å². The Morgan fingerprint density at radius 2 is 1.45 bits per heavy atom. The molecule has 58 valence electrons. The van der Waals surface area contributed by atoms with Gasteiger partial charge in [0.25, 0.3) is 0 Å². The number of fused-ring (bicyclic) bond motifs is 1. The number of quaternary nitrogens is 1. The Kier molecular flexibility index (Phi) is 1.91. The molecule has 1 aromatic carbocycles. The molecule has 0 saturated carbocycles. The zero-order chi connectivity index (χ0) is 7.52. The number of benzene rings is 1. The van der Waals surface area contributed by atoms with Gasteiger partial charge in [-0.05, 0) is 11.1 Å². The van der Waals surface area contributed by atoms with Crippen molar-refractivity contribution in [3.8, 4) is 0 Å². The van der Waals surface area contributed by atoms with Gasteiger partial charge in [-0.15, -0.1) is 0 Å². The van der Waals surface area contributed by atoms with Crippen LogP contribution in [-0.4, -0.2) is 13.1 Å². The second-order valence-corrected chi connectivity index (χ2v) is 3.13. The van der Waals surface area contributed by atoms with Crippen LogP contribution >= 0.6 is 0 Å². The molecule has 0 spiro atoms. The fourth-order valence-electron chi connectivity index (χ4n) is 1.70. The third kappa shape index (κ3) is 1.43. The highest BCUT2D eigenvalue weighted by Crippen LogP contribution is 2.09. The lowest BCUT2D eigenvalue weighted by molar-refractivity contribution is -0.652. The predicted molar refractivity (Wildman–Crippen MR) is 45.5 cm³/mol. The summed E-state index contributed by atoms with van der Waals surface area (Å²) in [5.74, 6) is 0. The Morgan fingerprint density at radius 3 is 2.00 bits per heavy atom. The summed E-state index contributed by atoms with van der Waals surface area (Å²) >= 11 is 0. The van der Waals surface area contributed by atoms with Gasteiger partial charge >= 0.3 is 0 Å². The molecule has 1 heterocycles. The van der Waals surface area contributed by atoms with Gasteiger partial charge in [-0.1, -0.05) is 24.3 Å². The normalized spacial score (nSPS) is 17.1. The van der Waals surface area contributed by atoms with E-state index in [1.807, 2.05) is 0 Å². The lowest BCUT2D eigenvalue weighted by atomic mass is 10.0. The molecule has 1 nitrogen and oxygen atoms in total. The molecule has 0 aromatic heterocycles. The van der Waals surface area contributed by atoms with Gasteiger partial charge in [0, 0.05) is 12.8 Å². The molecule has 11 heavy (non-hydrogen) atoms. The smallest absolute Gasteiger partial charge is 0.0796 e. The van der Waals surface area contributed by atoms with Crippen LogP contribution in [0.1, 0.15) is 11.1 Å². The van der Waals surface area contributed by atoms with E-state index in [1.54, 1.807) is 11.1 Å². The minimum Gasteiger partial charge on any atom is -0.346 e. The SMILES string of the molecule is c1ccc2c(c1)CC[NH2+]CC2. The Morgan fingerprint density at radius 1 is 0.909 bits per heavy atom. The lowest BCUT2D eigenvalue weighted by Crippen LogP contribution is -2.84. The summed E-state index contributed by atoms with van der Waals surface area (Å²) in [4.78, 5) is 0. The van der Waals surface area contributed by atoms with Gasteiger partial charge in [0.15, 0.2) is 0 Å². The monoisotopic (exact) mass is 148 g/mol. The van der Waals surface area contributed by atoms with Crippen molar-refractivity contribution in [3.63, 3.8) is 0 Å². The quantitative estimate of drug-likeness (QED) is 0.546. The molecule has 0 radical (unpaired) electrons. The first kappa shape index (κ1) is 6.86. The molecular weight excluding hydrogens is 134 g/mol. The van der Waals surface area contributed by atoms with E-state index < -0.39 is 0 Å². The highest BCUT2D eigenvalue weighted by Gasteiger charge is 2.06. The average Bonchev–Trinajstić information content (AvgIpc) is 2.28. The Balaban J connectivity index is 2.33. The first-order chi connectivity index (χ1) is 5.47. The van der Waals surface area contributed by atoms with Gasteiger partial charge in [0.05, 0.1) is 13.1 Å². The molecule has 0 amide bonds. The molecule has 0 saturated heterocycles. The van der Waals surface area contributed by atoms with E-state index in [0.717, 1.165) is 0 Å². The first-order valence-corrected chi connectivity index (χ1v) is 4.35. The molecule has 2 N–H and O–H groups in total. The van der Waals surface area contributed by atoms with Crippen LogP contribution in [0.3, 0.4) is 0 Å². The number of hydrogen-bond donors (Lipinski definition) is 1. The second-order valence-electron chi connectivity index (χ2n) is 3.13. The third-order valence-electron chi connectivity index (χ3n) is 2.35. The Hall–Kier alpha value is -0.820. The Bertz CT molecular complexity index is 217. The van der Waals surface area contributed by atoms with Crippen molar-refractivity contribution in [2.24, 2.45) is 0 Å². The number of nitrogens with two attached hydrogens (primary N) is 1. The molecule has 0 unspecified atom stereocenters. The van der Waals surface area contributed by atoms with E-state index in [4.69, 9.17) is 0 Å². The van der Waals surface area contributed by atoms with E-state index in [9.17, 15) is 0 Å². The van der Waals surface area contributed by atoms with Gasteiger partial charge < -0.3 is 5.32 Å². The predicted octanol–water partition coefficient (Wildman–Crippen LogP) is 0.349. The fourth-order valence-corrected chi connectivity index (χ4v) is 1.70. The molecule has 1 aromatic rings. The van der Waals surface area contributed by atoms with Crippen molar-refractivity contribution in [3.05, 3.63) is 35.4 Å². The van der Waals surface area contributed by atoms with Crippen molar-refractivity contribution in [2.45, 2.75) is 12.8 Å². The number of hydrogen-bond acceptors (Lipinski definition) is 0. The van der Waals surface area contributed by atoms with Crippen molar-refractivity contribution in [1.82, 2.24) is 0 Å². The van der Waals surface area contributed by atoms with Crippen LogP contribution in [0.2, 0.25) is 0 Å². The van der Waals surface area contributed by atoms with Crippen LogP contribution in [0.5, 0.6) is 0 Å². The molecule has 0 aliphatic carbocycles. The highest BCUT2D eigenvalue weighted by atomic mass is 14.8. The molecule has 1 aliphatic rings. The van der Waals surface area contributed by atoms with E-state index in [0.29, 0.717) is 0 Å². The molecule has 0 fully saturated rings. The molecule has 2 rings (SSSR count). The van der Waals surface area contributed by atoms with Crippen LogP contribution in [-0.2, 0) is 12.8 Å². The average molecular weight is 148 g/mol. The second kappa shape index (κ2) is 3.05. The lowest BCUT2D eigenvalue weighted by Gasteiger charge is -2.00. The third-order valence-corrected chi connectivity index (χ3v) is 2.35. The van der Waals surface area contributed by atoms with Crippen LogP contribution in [0.4, 0.5) is 0 Å². The fraction of sp³-hybridized carbons (Fsp3) is 0.400. The molecule has 1 heteroatoms. The van der Waals surface area contributed by atoms with E-state index >= 15 is 0 Å². The van der Waals surface area contributed by atoms with Crippen molar-refractivity contribution in [2.75, 3.05) is 13.1 Å². The molecule has 1 aliphatic heterocycles. The van der Waals surface area contributed by atoms with Gasteiger partial charge in [-0.25, -0.2) is 0 Å². The summed E-state index contributed by atoms with van der Waals surface area (Å²) in [6, 6.07) is 8.80. The summed E-state index contributed by atoms with van der Waals surface area (Å²) < 4.78 is 0. The van der Waals surface area contributed by atoms with Crippen LogP contribution in [0.15, 0.2) is 24.3 Å². The molecule has 0 bridgehead atoms. The zero-order valence-electron chi connectivity index (χ0n) is 6.72. The largest absolute Gasteiger partial charge is 0.346 e. The van der Waals surface area contributed by atoms with Crippen LogP contribution in [0, 0.1) is 0 Å². The minimum atomic E-state index is 1.25. The minimum absolute atomic E-state index is 1.25. The van der Waals surface area contributed by atoms with Gasteiger partial charge in [0.2, 0.25) is 0 Å². The van der Waals surface area contributed by atoms with Crippen LogP contribution in [0.25, 0.3) is 0 Å². The summed E-state index contributed by atoms with van der Waals surface area (Å²) in [6.07, 6.45) is 2.49. The van der Waals surface area contributed by atoms with E-state index in [-0.39, 0.29) is 0 Å². The first-order valence-electron chi connectivity index (χ1n) is 4.35. The molecule has 0 atom stereocenters. The van der Waals surface area contributed by atoms with Crippen LogP contribution < -0.4 is 5.32 Å². The summed E-state index contributed by atoms with van der Waals surface area (Å²) in [5.41, 5.74) is 3.11. The van der Waals surface area contributed by atoms with Gasteiger partial charge in [0.1, 0.15) is 0 Å². The van der Waals surface area contributed by atoms with Crippen molar-refractivity contribution >= 4 is 0 Å². The number of rotatable bonds is 0. The van der Waals surface area contributed by atoms with Crippen molar-refractivity contribution < 1.29 is 5.32 Å². The maximum atomic E-state index is 2.40. The Labute approximate surface area is 67.4 Å². The standard InChI is InChI=1S/C10H13N/c1-2-4-10-6-8-11-7-5-9(10)3-1/h1-4,11H,5-8H2/p+1. The maximum absolute atomic E-state index is 2.40. The van der Waals surface area contributed by atoms with E-state index in [1.165, 1.54) is 25.9 Å². The molecular formula is C10H14N+. The van der Waals surface area contributed by atoms with Gasteiger partial charge in [-0.3, -0.25) is 0 Å². The van der Waals surface area contributed by atoms with Crippen molar-refractivity contribution in [1.29, 1.82) is 0 Å². The summed E-state index contributed by atoms with van der Waals surface area (Å²) in [6.45, 7) is 2.52. The highest BCUT2D eigenvalue weighted by molar-refractivity contribution is 5.27. The zero-order valence-corrected chi connectivity index (χ0v) is 6.72. The van der Waals surface area contributed by atoms with E-state index in [2.05, 4.69) is 29.6 Å². The summed E-state index contributed by atoms with van der Waals surface area (Å²) in [5, 5.41) is 2.40. The maximum Gasteiger partial charge on any atom is 0.0796 e. The summed E-state index contributed by atoms with van der Waals surface area (Å²) in [7, 11) is 0. The topological polar surface area (TPSA) is 16.6 Å².